The topological polar surface area (TPSA) is 92.8 Å². The molecule has 1 aliphatic heterocycles. The predicted molar refractivity (Wildman–Crippen MR) is 99.2 cm³/mol. The highest BCUT2D eigenvalue weighted by Gasteiger charge is 2.49. The molecule has 1 heterocycles. The lowest BCUT2D eigenvalue weighted by Crippen LogP contribution is -2.41. The van der Waals surface area contributed by atoms with Crippen LogP contribution >= 0.6 is 0 Å². The lowest BCUT2D eigenvalue weighted by atomic mass is 9.92. The zero-order valence-electron chi connectivity index (χ0n) is 15.6. The number of sulfone groups is 1. The van der Waals surface area contributed by atoms with Gasteiger partial charge < -0.3 is 10.1 Å². The zero-order chi connectivity index (χ0) is 22.2. The normalized spacial score (nSPS) is 19.7. The van der Waals surface area contributed by atoms with Crippen molar-refractivity contribution < 1.29 is 35.9 Å². The Morgan fingerprint density at radius 2 is 1.63 bits per heavy atom. The maximum Gasteiger partial charge on any atom is 0.573 e. The van der Waals surface area contributed by atoms with Crippen molar-refractivity contribution in [3.05, 3.63) is 60.2 Å². The van der Waals surface area contributed by atoms with Gasteiger partial charge in [0.1, 0.15) is 11.3 Å². The Balaban J connectivity index is 1.75. The first-order valence-electron chi connectivity index (χ1n) is 8.71. The maximum atomic E-state index is 12.8. The fraction of sp³-hybridized carbons (Fsp3) is 0.263. The zero-order valence-corrected chi connectivity index (χ0v) is 16.5. The van der Waals surface area contributed by atoms with Gasteiger partial charge in [0.25, 0.3) is 5.91 Å². The molecule has 1 unspecified atom stereocenters. The monoisotopic (exact) mass is 442 g/mol. The number of nitrogens with zero attached hydrogens (tertiary/aromatic N) is 1. The van der Waals surface area contributed by atoms with Gasteiger partial charge in [-0.15, -0.1) is 13.2 Å². The second kappa shape index (κ2) is 7.63. The molecule has 1 saturated heterocycles. The van der Waals surface area contributed by atoms with Crippen molar-refractivity contribution >= 4 is 21.8 Å². The van der Waals surface area contributed by atoms with E-state index in [2.05, 4.69) is 10.1 Å². The van der Waals surface area contributed by atoms with E-state index in [9.17, 15) is 31.2 Å². The summed E-state index contributed by atoms with van der Waals surface area (Å²) in [6, 6.07) is 11.3. The number of halogens is 3. The summed E-state index contributed by atoms with van der Waals surface area (Å²) in [6.07, 6.45) is -4.86. The van der Waals surface area contributed by atoms with Gasteiger partial charge in [-0.2, -0.15) is 0 Å². The molecular weight excluding hydrogens is 425 g/mol. The number of rotatable bonds is 6. The summed E-state index contributed by atoms with van der Waals surface area (Å²) >= 11 is 0. The smallest absolute Gasteiger partial charge is 0.406 e. The molecule has 0 spiro atoms. The van der Waals surface area contributed by atoms with Crippen LogP contribution in [-0.4, -0.2) is 43.9 Å². The highest BCUT2D eigenvalue weighted by atomic mass is 32.2. The number of hydrogen-bond donors (Lipinski definition) is 1. The van der Waals surface area contributed by atoms with Crippen molar-refractivity contribution in [3.63, 3.8) is 0 Å². The predicted octanol–water partition coefficient (Wildman–Crippen LogP) is 2.83. The third-order valence-corrected chi connectivity index (χ3v) is 6.34. The largest absolute Gasteiger partial charge is 0.573 e. The van der Waals surface area contributed by atoms with Gasteiger partial charge >= 0.3 is 12.4 Å². The molecule has 3 amide bonds. The standard InChI is InChI=1S/C19H17F3N2O5S/c1-18(13-7-9-14(10-8-13)29-19(20,21)22)16(25)24(17(26)23-18)11-12-30(27,28)15-5-3-2-4-6-15/h2-10H,11-12H2,1H3,(H,23,26). The molecule has 30 heavy (non-hydrogen) atoms. The first kappa shape index (κ1) is 21.6. The quantitative estimate of drug-likeness (QED) is 0.695. The van der Waals surface area contributed by atoms with Crippen LogP contribution in [0.3, 0.4) is 0 Å². The Labute approximate surface area is 170 Å². The van der Waals surface area contributed by atoms with E-state index in [1.165, 1.54) is 31.2 Å². The van der Waals surface area contributed by atoms with Crippen molar-refractivity contribution in [1.82, 2.24) is 10.2 Å². The number of nitrogens with one attached hydrogen (secondary N) is 1. The number of carbonyl (C=O) groups excluding carboxylic acids is 2. The van der Waals surface area contributed by atoms with E-state index in [-0.39, 0.29) is 17.0 Å². The van der Waals surface area contributed by atoms with E-state index in [1.807, 2.05) is 0 Å². The van der Waals surface area contributed by atoms with Gasteiger partial charge in [-0.25, -0.2) is 13.2 Å². The van der Waals surface area contributed by atoms with E-state index in [0.717, 1.165) is 17.0 Å². The molecule has 3 rings (SSSR count). The van der Waals surface area contributed by atoms with E-state index in [4.69, 9.17) is 0 Å². The lowest BCUT2D eigenvalue weighted by Gasteiger charge is -2.22. The van der Waals surface area contributed by atoms with Crippen molar-refractivity contribution in [3.8, 4) is 5.75 Å². The number of imide groups is 1. The molecule has 0 aliphatic carbocycles. The Morgan fingerprint density at radius 1 is 1.03 bits per heavy atom. The number of hydrogen-bond acceptors (Lipinski definition) is 5. The first-order valence-corrected chi connectivity index (χ1v) is 10.4. The average Bonchev–Trinajstić information content (AvgIpc) is 2.89. The van der Waals surface area contributed by atoms with E-state index < -0.39 is 45.2 Å². The summed E-state index contributed by atoms with van der Waals surface area (Å²) in [5.41, 5.74) is -1.33. The van der Waals surface area contributed by atoms with Crippen LogP contribution in [0.5, 0.6) is 5.75 Å². The minimum Gasteiger partial charge on any atom is -0.406 e. The highest BCUT2D eigenvalue weighted by Crippen LogP contribution is 2.31. The third kappa shape index (κ3) is 4.40. The molecule has 0 aromatic heterocycles. The molecule has 160 valence electrons. The molecule has 0 saturated carbocycles. The van der Waals surface area contributed by atoms with Crippen LogP contribution in [0.15, 0.2) is 59.5 Å². The summed E-state index contributed by atoms with van der Waals surface area (Å²) in [5.74, 6) is -1.65. The Kier molecular flexibility index (Phi) is 5.50. The molecule has 1 aliphatic rings. The number of ether oxygens (including phenoxy) is 1. The van der Waals surface area contributed by atoms with Crippen LogP contribution in [0, 0.1) is 0 Å². The fourth-order valence-corrected chi connectivity index (χ4v) is 4.27. The van der Waals surface area contributed by atoms with Crippen LogP contribution in [0.1, 0.15) is 12.5 Å². The number of urea groups is 1. The first-order chi connectivity index (χ1) is 13.9. The van der Waals surface area contributed by atoms with Gasteiger partial charge in [0.15, 0.2) is 9.84 Å². The van der Waals surface area contributed by atoms with Crippen LogP contribution in [0.2, 0.25) is 0 Å². The summed E-state index contributed by atoms with van der Waals surface area (Å²) < 4.78 is 65.5. The van der Waals surface area contributed by atoms with Crippen LogP contribution < -0.4 is 10.1 Å². The Bertz CT molecular complexity index is 1060. The van der Waals surface area contributed by atoms with E-state index in [1.54, 1.807) is 18.2 Å². The van der Waals surface area contributed by atoms with Crippen LogP contribution in [0.25, 0.3) is 0 Å². The molecule has 2 aromatic carbocycles. The van der Waals surface area contributed by atoms with E-state index >= 15 is 0 Å². The second-order valence-corrected chi connectivity index (χ2v) is 8.83. The Hall–Kier alpha value is -3.08. The molecule has 0 radical (unpaired) electrons. The van der Waals surface area contributed by atoms with Crippen molar-refractivity contribution in [2.45, 2.75) is 23.7 Å². The number of benzene rings is 2. The van der Waals surface area contributed by atoms with Gasteiger partial charge in [-0.3, -0.25) is 9.69 Å². The molecular formula is C19H17F3N2O5S. The summed E-state index contributed by atoms with van der Waals surface area (Å²) in [5, 5.41) is 2.47. The number of alkyl halides is 3. The van der Waals surface area contributed by atoms with Crippen molar-refractivity contribution in [2.24, 2.45) is 0 Å². The minimum atomic E-state index is -4.86. The molecule has 1 fully saturated rings. The van der Waals surface area contributed by atoms with Crippen LogP contribution in [0.4, 0.5) is 18.0 Å². The summed E-state index contributed by atoms with van der Waals surface area (Å²) in [4.78, 5) is 26.0. The van der Waals surface area contributed by atoms with E-state index in [0.29, 0.717) is 0 Å². The van der Waals surface area contributed by atoms with Gasteiger partial charge in [0, 0.05) is 6.54 Å². The Morgan fingerprint density at radius 3 is 2.20 bits per heavy atom. The molecule has 2 aromatic rings. The lowest BCUT2D eigenvalue weighted by molar-refractivity contribution is -0.274. The number of carbonyl (C=O) groups is 2. The van der Waals surface area contributed by atoms with Crippen LogP contribution in [-0.2, 0) is 20.2 Å². The molecule has 7 nitrogen and oxygen atoms in total. The minimum absolute atomic E-state index is 0.0695. The average molecular weight is 442 g/mol. The highest BCUT2D eigenvalue weighted by molar-refractivity contribution is 7.91. The van der Waals surface area contributed by atoms with Gasteiger partial charge in [-0.05, 0) is 36.8 Å². The fourth-order valence-electron chi connectivity index (χ4n) is 3.04. The van der Waals surface area contributed by atoms with Gasteiger partial charge in [-0.1, -0.05) is 30.3 Å². The number of amides is 3. The third-order valence-electron chi connectivity index (χ3n) is 4.63. The van der Waals surface area contributed by atoms with Gasteiger partial charge in [0.05, 0.1) is 10.6 Å². The molecule has 0 bridgehead atoms. The maximum absolute atomic E-state index is 12.8. The molecule has 1 atom stereocenters. The summed E-state index contributed by atoms with van der Waals surface area (Å²) in [6.45, 7) is 1.02. The summed E-state index contributed by atoms with van der Waals surface area (Å²) in [7, 11) is -3.72. The van der Waals surface area contributed by atoms with Crippen molar-refractivity contribution in [1.29, 1.82) is 0 Å². The van der Waals surface area contributed by atoms with Gasteiger partial charge in [0.2, 0.25) is 0 Å². The SMILES string of the molecule is CC1(c2ccc(OC(F)(F)F)cc2)NC(=O)N(CCS(=O)(=O)c2ccccc2)C1=O. The molecule has 1 N–H and O–H groups in total. The second-order valence-electron chi connectivity index (χ2n) is 6.72. The van der Waals surface area contributed by atoms with Crippen molar-refractivity contribution in [2.75, 3.05) is 12.3 Å². The molecule has 11 heteroatoms.